The number of nitrogens with zero attached hydrogens (tertiary/aromatic N) is 23. The first-order chi connectivity index (χ1) is 62.9. The molecule has 0 fully saturated rings. The molecule has 8 N–H and O–H groups in total. The van der Waals surface area contributed by atoms with Crippen LogP contribution in [0.4, 0.5) is 126 Å². The minimum atomic E-state index is -4.82. The molecule has 14 aromatic rings. The average molecular weight is 1830 g/mol. The van der Waals surface area contributed by atoms with E-state index in [2.05, 4.69) is 97.8 Å². The van der Waals surface area contributed by atoms with Gasteiger partial charge >= 0.3 is 0 Å². The molecule has 12 aromatic carbocycles. The van der Waals surface area contributed by atoms with Crippen LogP contribution in [-0.2, 0) is 53.3 Å². The molecule has 0 saturated carbocycles. The fourth-order valence-corrected chi connectivity index (χ4v) is 14.6. The maximum absolute atomic E-state index is 12.7. The number of aliphatic hydroxyl groups excluding tert-OH is 1. The number of rotatable bonds is 35. The van der Waals surface area contributed by atoms with E-state index in [1.165, 1.54) is 72.8 Å². The van der Waals surface area contributed by atoms with E-state index in [1.807, 2.05) is 56.3 Å². The van der Waals surface area contributed by atoms with Crippen LogP contribution in [0.3, 0.4) is 0 Å². The molecular formula is C88H76N26O13S4. The Hall–Kier alpha value is -15.7. The number of hydrogen-bond donors (Lipinski definition) is 8. The van der Waals surface area contributed by atoms with Gasteiger partial charge in [-0.05, 0) is 267 Å². The molecule has 39 nitrogen and oxygen atoms in total. The molecule has 0 aliphatic carbocycles. The van der Waals surface area contributed by atoms with Gasteiger partial charge in [0.2, 0.25) is 23.8 Å². The van der Waals surface area contributed by atoms with E-state index >= 15 is 0 Å². The number of aromatic nitrogens is 6. The van der Waals surface area contributed by atoms with E-state index in [4.69, 9.17) is 29.9 Å². The molecule has 0 aliphatic heterocycles. The Bertz CT molecular complexity index is 7320. The van der Waals surface area contributed by atoms with E-state index in [9.17, 15) is 57.0 Å². The van der Waals surface area contributed by atoms with E-state index in [-0.39, 0.29) is 95.4 Å². The van der Waals surface area contributed by atoms with Gasteiger partial charge in [0.15, 0.2) is 0 Å². The standard InChI is InChI=1S/C88H76N26O13S4/c1-55-47-59(15-37-75(55)108-104-65-21-17-63(18-22-65)100-102-67-25-33-73(34-26-67)128(116,117)118)51-83-92-84(52-60-16-38-76(56(2)48-60)110-112-79-41-31-71(53-81(79)130(122,123)124)106-98-61-11-7-5-8-12-61)94-85(93-83)89-43-44-114(45-46-115)88-96-86(90-69-29-39-77(57(3)49-69)109-105-66-23-19-64(20-24-66)101-103-68-27-35-74(36-28-68)129(119,120)121)95-87(97-88)91-70-30-40-78(58(4)50-70)111-113-80-42-32-72(54-82(80)131(125,126)127)107-99-62-13-9-6-10-14-62/h5-42,47-50,53-54,115H,43-46,51-52H2,1-4H3,(H,116,117,118)(H,119,120,121)(H,122,123,124)(H,125,126,127)(H,89,92,93,94)(H2,90,91,95,96,97). The molecule has 0 unspecified atom stereocenters. The van der Waals surface area contributed by atoms with Crippen LogP contribution in [0.15, 0.2) is 368 Å². The lowest BCUT2D eigenvalue weighted by molar-refractivity contribution is 0.301. The van der Waals surface area contributed by atoms with Crippen LogP contribution in [0.25, 0.3) is 0 Å². The molecule has 0 saturated heterocycles. The van der Waals surface area contributed by atoms with Crippen molar-refractivity contribution in [2.45, 2.75) is 60.1 Å². The molecule has 14 rings (SSSR count). The van der Waals surface area contributed by atoms with Gasteiger partial charge in [-0.15, -0.1) is 10.2 Å². The van der Waals surface area contributed by atoms with Crippen LogP contribution < -0.4 is 20.9 Å². The van der Waals surface area contributed by atoms with Gasteiger partial charge in [-0.2, -0.15) is 130 Å². The van der Waals surface area contributed by atoms with Crippen LogP contribution in [0.2, 0.25) is 0 Å². The lowest BCUT2D eigenvalue weighted by Gasteiger charge is -2.23. The molecule has 43 heteroatoms. The largest absolute Gasteiger partial charge is 0.395 e. The van der Waals surface area contributed by atoms with Crippen molar-refractivity contribution in [3.05, 3.63) is 312 Å². The molecule has 2 heterocycles. The minimum absolute atomic E-state index is 0.0148. The average Bonchev–Trinajstić information content (AvgIpc) is 0.813. The van der Waals surface area contributed by atoms with E-state index in [1.54, 1.807) is 158 Å². The van der Waals surface area contributed by atoms with Gasteiger partial charge < -0.3 is 26.0 Å². The quantitative estimate of drug-likeness (QED) is 0.0135. The van der Waals surface area contributed by atoms with Gasteiger partial charge in [0, 0.05) is 43.9 Å². The van der Waals surface area contributed by atoms with Gasteiger partial charge in [0.25, 0.3) is 40.5 Å². The predicted molar refractivity (Wildman–Crippen MR) is 489 cm³/mol. The normalized spacial score (nSPS) is 12.3. The maximum atomic E-state index is 12.7. The molecule has 0 spiro atoms. The molecule has 0 amide bonds. The van der Waals surface area contributed by atoms with Gasteiger partial charge in [-0.3, -0.25) is 18.2 Å². The Balaban J connectivity index is 0.725. The molecule has 2 aromatic heterocycles. The highest BCUT2D eigenvalue weighted by Crippen LogP contribution is 2.38. The number of azo groups is 8. The van der Waals surface area contributed by atoms with Gasteiger partial charge in [0.05, 0.1) is 96.0 Å². The topological polar surface area (TPSA) is 552 Å². The Labute approximate surface area is 749 Å². The number of nitrogens with one attached hydrogen (secondary N) is 3. The van der Waals surface area contributed by atoms with Crippen molar-refractivity contribution in [3.8, 4) is 0 Å². The third-order valence-corrected chi connectivity index (χ3v) is 22.4. The zero-order valence-electron chi connectivity index (χ0n) is 69.6. The lowest BCUT2D eigenvalue weighted by Crippen LogP contribution is -2.34. The summed E-state index contributed by atoms with van der Waals surface area (Å²) in [6.07, 6.45) is 0.410. The fourth-order valence-electron chi connectivity index (χ4n) is 12.4. The number of aliphatic hydroxyl groups is 1. The van der Waals surface area contributed by atoms with Crippen molar-refractivity contribution in [1.82, 2.24) is 29.9 Å². The van der Waals surface area contributed by atoms with Gasteiger partial charge in [-0.25, -0.2) is 4.98 Å². The van der Waals surface area contributed by atoms with Crippen molar-refractivity contribution >= 4 is 167 Å². The first kappa shape index (κ1) is 91.5. The van der Waals surface area contributed by atoms with E-state index in [0.29, 0.717) is 108 Å². The second-order valence-corrected chi connectivity index (χ2v) is 34.4. The SMILES string of the molecule is Cc1cc(Cc2nc(Cc3ccc(N=Nc4ccc(N=Nc5ccccc5)cc4S(=O)(=O)O)c(C)c3)nc(NCCN(CCO)c3nc(Nc4ccc(N=Nc5ccc(N=Nc6ccc(S(=O)(=O)O)cc6)cc5)c(C)c4)nc(Nc4ccc(N=Nc5ccc(N=Nc6ccccc6)cc5S(=O)(=O)O)c(C)c4)n3)n2)ccc1N=Nc1ccc(N=Nc2ccc(S(=O)(=O)O)cc2)cc1. The molecule has 660 valence electrons. The van der Waals surface area contributed by atoms with Crippen molar-refractivity contribution in [1.29, 1.82) is 0 Å². The summed E-state index contributed by atoms with van der Waals surface area (Å²) in [5.41, 5.74) is 10.9. The zero-order chi connectivity index (χ0) is 92.2. The Kier molecular flexibility index (Phi) is 28.9. The first-order valence-electron chi connectivity index (χ1n) is 39.5. The highest BCUT2D eigenvalue weighted by atomic mass is 32.2. The summed E-state index contributed by atoms with van der Waals surface area (Å²) in [7, 11) is -18.4. The zero-order valence-corrected chi connectivity index (χ0v) is 72.8. The minimum Gasteiger partial charge on any atom is -0.395 e. The second kappa shape index (κ2) is 41.4. The highest BCUT2D eigenvalue weighted by Gasteiger charge is 2.22. The lowest BCUT2D eigenvalue weighted by atomic mass is 10.1. The third kappa shape index (κ3) is 26.0. The van der Waals surface area contributed by atoms with Crippen LogP contribution >= 0.6 is 0 Å². The van der Waals surface area contributed by atoms with Crippen LogP contribution in [0.5, 0.6) is 0 Å². The van der Waals surface area contributed by atoms with Crippen LogP contribution in [0.1, 0.15) is 45.0 Å². The predicted octanol–water partition coefficient (Wildman–Crippen LogP) is 23.2. The molecule has 131 heavy (non-hydrogen) atoms. The highest BCUT2D eigenvalue weighted by molar-refractivity contribution is 7.86. The van der Waals surface area contributed by atoms with Gasteiger partial charge in [0.1, 0.15) is 32.8 Å². The van der Waals surface area contributed by atoms with Crippen molar-refractivity contribution < 1.29 is 57.0 Å². The summed E-state index contributed by atoms with van der Waals surface area (Å²) >= 11 is 0. The number of anilines is 6. The number of hydrogen-bond acceptors (Lipinski definition) is 35. The van der Waals surface area contributed by atoms with Crippen molar-refractivity contribution in [2.24, 2.45) is 81.8 Å². The summed E-state index contributed by atoms with van der Waals surface area (Å²) in [6.45, 7) is 7.22. The molecule has 0 bridgehead atoms. The summed E-state index contributed by atoms with van der Waals surface area (Å²) in [5.74, 6) is 1.19. The number of benzene rings is 12. The number of aryl methyl sites for hydroxylation is 4. The summed E-state index contributed by atoms with van der Waals surface area (Å²) < 4.78 is 136. The monoisotopic (exact) mass is 1830 g/mol. The molecular weight excluding hydrogens is 1760 g/mol. The van der Waals surface area contributed by atoms with Crippen molar-refractivity contribution in [2.75, 3.05) is 47.1 Å². The fraction of sp³-hybridized carbons (Fsp3) is 0.114. The Morgan fingerprint density at radius 2 is 0.595 bits per heavy atom. The molecule has 0 aliphatic rings. The van der Waals surface area contributed by atoms with Crippen molar-refractivity contribution in [3.63, 3.8) is 0 Å². The van der Waals surface area contributed by atoms with E-state index < -0.39 is 50.3 Å². The first-order valence-corrected chi connectivity index (χ1v) is 45.2. The summed E-state index contributed by atoms with van der Waals surface area (Å²) in [5, 5.41) is 89.1. The third-order valence-electron chi connectivity index (χ3n) is 18.9. The molecule has 0 radical (unpaired) electrons. The maximum Gasteiger partial charge on any atom is 0.296 e. The van der Waals surface area contributed by atoms with Crippen LogP contribution in [-0.4, -0.2) is 113 Å². The van der Waals surface area contributed by atoms with E-state index in [0.717, 1.165) is 28.8 Å². The smallest absolute Gasteiger partial charge is 0.296 e. The molecule has 0 atom stereocenters. The summed E-state index contributed by atoms with van der Waals surface area (Å²) in [4.78, 5) is 29.5. The second-order valence-electron chi connectivity index (χ2n) is 28.8. The van der Waals surface area contributed by atoms with Gasteiger partial charge in [-0.1, -0.05) is 60.7 Å². The van der Waals surface area contributed by atoms with Crippen LogP contribution in [0, 0.1) is 27.7 Å². The Morgan fingerprint density at radius 3 is 0.939 bits per heavy atom. The Morgan fingerprint density at radius 1 is 0.290 bits per heavy atom. The summed E-state index contributed by atoms with van der Waals surface area (Å²) in [6, 6.07) is 71.0.